The van der Waals surface area contributed by atoms with Gasteiger partial charge in [0.05, 0.1) is 11.7 Å². The summed E-state index contributed by atoms with van der Waals surface area (Å²) in [6.45, 7) is 10.3. The van der Waals surface area contributed by atoms with E-state index in [9.17, 15) is 13.2 Å². The minimum atomic E-state index is -4.17. The maximum Gasteiger partial charge on any atom is 0.283 e. The number of anilines is 1. The van der Waals surface area contributed by atoms with E-state index < -0.39 is 15.9 Å². The van der Waals surface area contributed by atoms with E-state index in [1.807, 2.05) is 32.0 Å². The Balaban J connectivity index is 1.86. The highest BCUT2D eigenvalue weighted by atomic mass is 32.2. The zero-order valence-corrected chi connectivity index (χ0v) is 21.5. The number of aromatic nitrogens is 4. The summed E-state index contributed by atoms with van der Waals surface area (Å²) in [6, 6.07) is 8.43. The maximum absolute atomic E-state index is 13.1. The Kier molecular flexibility index (Phi) is 6.31. The second-order valence-corrected chi connectivity index (χ2v) is 11.7. The minimum absolute atomic E-state index is 0.0992. The van der Waals surface area contributed by atoms with E-state index in [2.05, 4.69) is 45.9 Å². The Bertz CT molecular complexity index is 1370. The van der Waals surface area contributed by atoms with Gasteiger partial charge in [0.25, 0.3) is 15.9 Å². The third-order valence-corrected chi connectivity index (χ3v) is 6.86. The molecule has 4 rings (SSSR count). The second-order valence-electron chi connectivity index (χ2n) is 10.0. The van der Waals surface area contributed by atoms with Crippen LogP contribution in [0.25, 0.3) is 11.3 Å². The summed E-state index contributed by atoms with van der Waals surface area (Å²) in [6.07, 6.45) is 0.627. The maximum atomic E-state index is 13.1. The smallest absolute Gasteiger partial charge is 0.283 e. The lowest BCUT2D eigenvalue weighted by molar-refractivity contribution is 0.0894. The fourth-order valence-corrected chi connectivity index (χ4v) is 5.12. The van der Waals surface area contributed by atoms with Gasteiger partial charge in [0.2, 0.25) is 11.8 Å². The molecule has 0 aliphatic carbocycles. The third-order valence-electron chi connectivity index (χ3n) is 5.66. The van der Waals surface area contributed by atoms with Gasteiger partial charge in [0.15, 0.2) is 5.03 Å². The van der Waals surface area contributed by atoms with Crippen LogP contribution in [0.3, 0.4) is 0 Å². The van der Waals surface area contributed by atoms with Crippen molar-refractivity contribution in [1.29, 1.82) is 0 Å². The van der Waals surface area contributed by atoms with E-state index >= 15 is 0 Å². The van der Waals surface area contributed by atoms with Crippen molar-refractivity contribution in [1.82, 2.24) is 25.1 Å². The van der Waals surface area contributed by atoms with Crippen molar-refractivity contribution < 1.29 is 17.9 Å². The molecule has 1 aliphatic heterocycles. The van der Waals surface area contributed by atoms with Gasteiger partial charge in [-0.15, -0.1) is 0 Å². The van der Waals surface area contributed by atoms with Crippen LogP contribution in [0.4, 0.5) is 5.95 Å². The number of aryl methyl sites for hydroxylation is 3. The quantitative estimate of drug-likeness (QED) is 0.555. The Morgan fingerprint density at radius 2 is 1.83 bits per heavy atom. The molecule has 35 heavy (non-hydrogen) atoms. The molecule has 1 aliphatic rings. The predicted molar refractivity (Wildman–Crippen MR) is 132 cm³/mol. The van der Waals surface area contributed by atoms with Gasteiger partial charge in [0, 0.05) is 24.7 Å². The first-order chi connectivity index (χ1) is 16.3. The molecule has 3 heterocycles. The molecule has 2 aromatic heterocycles. The Morgan fingerprint density at radius 3 is 2.49 bits per heavy atom. The largest absolute Gasteiger partial charge is 0.475 e. The summed E-state index contributed by atoms with van der Waals surface area (Å²) >= 11 is 0. The first-order valence-corrected chi connectivity index (χ1v) is 12.8. The molecule has 0 unspecified atom stereocenters. The standard InChI is InChI=1S/C24H30N6O4S/c1-14-8-7-9-15(2)21(14)17-10-19-27-23(26-17)29-35(32,33)20-11-18(30(6)28-20)22(31)25-16(13-34-19)12-24(3,4)5/h7-11,16H,12-13H2,1-6H3,(H,25,31)(H,26,27,29)/t16-/m1/s1. The number of nitrogens with zero attached hydrogens (tertiary/aromatic N) is 4. The fourth-order valence-electron chi connectivity index (χ4n) is 4.18. The molecule has 4 bridgehead atoms. The molecular formula is C24H30N6O4S. The van der Waals surface area contributed by atoms with Crippen LogP contribution in [0.5, 0.6) is 5.88 Å². The number of fused-ring (bicyclic) bond motifs is 4. The summed E-state index contributed by atoms with van der Waals surface area (Å²) in [4.78, 5) is 21.8. The van der Waals surface area contributed by atoms with Crippen LogP contribution in [0.15, 0.2) is 35.4 Å². The lowest BCUT2D eigenvalue weighted by Gasteiger charge is -2.26. The summed E-state index contributed by atoms with van der Waals surface area (Å²) < 4.78 is 35.8. The molecule has 2 N–H and O–H groups in total. The highest BCUT2D eigenvalue weighted by Crippen LogP contribution is 2.30. The molecule has 0 radical (unpaired) electrons. The van der Waals surface area contributed by atoms with Crippen molar-refractivity contribution in [2.75, 3.05) is 11.3 Å². The normalized spacial score (nSPS) is 17.8. The summed E-state index contributed by atoms with van der Waals surface area (Å²) in [7, 11) is -2.65. The highest BCUT2D eigenvalue weighted by Gasteiger charge is 2.28. The lowest BCUT2D eigenvalue weighted by Crippen LogP contribution is -2.42. The highest BCUT2D eigenvalue weighted by molar-refractivity contribution is 7.92. The van der Waals surface area contributed by atoms with Crippen LogP contribution in [-0.4, -0.2) is 46.7 Å². The van der Waals surface area contributed by atoms with Crippen LogP contribution >= 0.6 is 0 Å². The summed E-state index contributed by atoms with van der Waals surface area (Å²) in [5.41, 5.74) is 3.37. The summed E-state index contributed by atoms with van der Waals surface area (Å²) in [5, 5.41) is 6.71. The van der Waals surface area contributed by atoms with Gasteiger partial charge in [-0.05, 0) is 36.8 Å². The fraction of sp³-hybridized carbons (Fsp3) is 0.417. The van der Waals surface area contributed by atoms with Gasteiger partial charge in [-0.3, -0.25) is 9.48 Å². The molecule has 10 nitrogen and oxygen atoms in total. The van der Waals surface area contributed by atoms with Crippen LogP contribution in [0.1, 0.15) is 48.8 Å². The Hall–Kier alpha value is -3.47. The number of sulfonamides is 1. The van der Waals surface area contributed by atoms with E-state index in [-0.39, 0.29) is 40.6 Å². The third kappa shape index (κ3) is 5.45. The second kappa shape index (κ2) is 8.95. The molecule has 1 amide bonds. The topological polar surface area (TPSA) is 128 Å². The molecule has 3 aromatic rings. The van der Waals surface area contributed by atoms with E-state index in [4.69, 9.17) is 4.74 Å². The number of amides is 1. The van der Waals surface area contributed by atoms with Gasteiger partial charge in [0.1, 0.15) is 12.3 Å². The van der Waals surface area contributed by atoms with Crippen LogP contribution in [0, 0.1) is 19.3 Å². The molecule has 1 atom stereocenters. The molecule has 11 heteroatoms. The van der Waals surface area contributed by atoms with E-state index in [1.54, 1.807) is 6.07 Å². The first-order valence-electron chi connectivity index (χ1n) is 11.3. The molecule has 0 spiro atoms. The van der Waals surface area contributed by atoms with Crippen LogP contribution in [-0.2, 0) is 17.1 Å². The Morgan fingerprint density at radius 1 is 1.14 bits per heavy atom. The van der Waals surface area contributed by atoms with Gasteiger partial charge in [-0.2, -0.15) is 18.5 Å². The number of rotatable bonds is 2. The van der Waals surface area contributed by atoms with E-state index in [0.717, 1.165) is 16.7 Å². The van der Waals surface area contributed by atoms with Gasteiger partial charge in [-0.25, -0.2) is 9.71 Å². The van der Waals surface area contributed by atoms with Gasteiger partial charge >= 0.3 is 0 Å². The Labute approximate surface area is 205 Å². The number of hydrogen-bond acceptors (Lipinski definition) is 7. The number of nitrogens with one attached hydrogen (secondary N) is 2. The number of carbonyl (C=O) groups is 1. The van der Waals surface area contributed by atoms with Crippen LogP contribution in [0.2, 0.25) is 0 Å². The zero-order chi connectivity index (χ0) is 25.5. The first kappa shape index (κ1) is 24.6. The number of benzene rings is 1. The number of ether oxygens (including phenoxy) is 1. The monoisotopic (exact) mass is 498 g/mol. The lowest BCUT2D eigenvalue weighted by atomic mass is 9.88. The van der Waals surface area contributed by atoms with Crippen molar-refractivity contribution in [2.45, 2.75) is 52.1 Å². The number of hydrogen-bond donors (Lipinski definition) is 2. The molecule has 186 valence electrons. The van der Waals surface area contributed by atoms with Crippen molar-refractivity contribution in [3.8, 4) is 17.1 Å². The SMILES string of the molecule is Cc1cccc(C)c1-c1cc2nc(n1)NS(=O)(=O)c1cc(n(C)n1)C(=O)N[C@H](CC(C)(C)C)CO2. The molecule has 0 saturated carbocycles. The van der Waals surface area contributed by atoms with Crippen molar-refractivity contribution in [2.24, 2.45) is 12.5 Å². The molecule has 0 fully saturated rings. The van der Waals surface area contributed by atoms with Crippen molar-refractivity contribution in [3.05, 3.63) is 47.2 Å². The summed E-state index contributed by atoms with van der Waals surface area (Å²) in [5.74, 6) is -0.380. The minimum Gasteiger partial charge on any atom is -0.475 e. The van der Waals surface area contributed by atoms with Gasteiger partial charge in [-0.1, -0.05) is 39.0 Å². The van der Waals surface area contributed by atoms with Crippen LogP contribution < -0.4 is 14.8 Å². The molecule has 1 aromatic carbocycles. The van der Waals surface area contributed by atoms with Crippen molar-refractivity contribution in [3.63, 3.8) is 0 Å². The van der Waals surface area contributed by atoms with E-state index in [0.29, 0.717) is 12.1 Å². The van der Waals surface area contributed by atoms with Gasteiger partial charge < -0.3 is 10.1 Å². The number of carbonyl (C=O) groups excluding carboxylic acids is 1. The zero-order valence-electron chi connectivity index (χ0n) is 20.7. The average molecular weight is 499 g/mol. The van der Waals surface area contributed by atoms with Crippen molar-refractivity contribution >= 4 is 21.9 Å². The average Bonchev–Trinajstić information content (AvgIpc) is 3.13. The molecular weight excluding hydrogens is 468 g/mol. The molecule has 0 saturated heterocycles. The predicted octanol–water partition coefficient (Wildman–Crippen LogP) is 3.22. The van der Waals surface area contributed by atoms with E-state index in [1.165, 1.54) is 17.8 Å².